The van der Waals surface area contributed by atoms with Crippen molar-refractivity contribution in [2.45, 2.75) is 64.9 Å². The molecule has 2 nitrogen and oxygen atoms in total. The van der Waals surface area contributed by atoms with Gasteiger partial charge >= 0.3 is 0 Å². The number of ether oxygens (including phenoxy) is 1. The van der Waals surface area contributed by atoms with E-state index in [-0.39, 0.29) is 0 Å². The molecule has 1 aromatic carbocycles. The average molecular weight is 355 g/mol. The third kappa shape index (κ3) is 3.81. The molecular formula is C18H27BrO2. The predicted molar refractivity (Wildman–Crippen MR) is 90.9 cm³/mol. The molecule has 0 aliphatic heterocycles. The standard InChI is InChI=1S/C18H27BrO2/c1-12-11-15(19)13(2)16(18(12)21-3)17(20)14-9-7-5-4-6-8-10-14/h11,14,17,20H,4-10H2,1-3H3. The molecule has 1 aromatic rings. The van der Waals surface area contributed by atoms with E-state index >= 15 is 0 Å². The van der Waals surface area contributed by atoms with E-state index in [1.165, 1.54) is 32.1 Å². The summed E-state index contributed by atoms with van der Waals surface area (Å²) in [4.78, 5) is 0. The predicted octanol–water partition coefficient (Wildman–Crippen LogP) is 5.47. The molecule has 1 fully saturated rings. The van der Waals surface area contributed by atoms with E-state index in [1.807, 2.05) is 6.92 Å². The smallest absolute Gasteiger partial charge is 0.127 e. The van der Waals surface area contributed by atoms with Crippen LogP contribution in [-0.2, 0) is 0 Å². The van der Waals surface area contributed by atoms with Gasteiger partial charge in [-0.3, -0.25) is 0 Å². The Hall–Kier alpha value is -0.540. The molecule has 0 aromatic heterocycles. The highest BCUT2D eigenvalue weighted by Crippen LogP contribution is 2.42. The maximum Gasteiger partial charge on any atom is 0.127 e. The Balaban J connectivity index is 2.34. The number of hydrogen-bond acceptors (Lipinski definition) is 2. The number of aryl methyl sites for hydroxylation is 1. The highest BCUT2D eigenvalue weighted by atomic mass is 79.9. The van der Waals surface area contributed by atoms with Gasteiger partial charge in [0.05, 0.1) is 13.2 Å². The lowest BCUT2D eigenvalue weighted by Crippen LogP contribution is -2.17. The summed E-state index contributed by atoms with van der Waals surface area (Å²) in [6.07, 6.45) is 8.24. The summed E-state index contributed by atoms with van der Waals surface area (Å²) < 4.78 is 6.66. The quantitative estimate of drug-likeness (QED) is 0.779. The fourth-order valence-electron chi connectivity index (χ4n) is 3.54. The van der Waals surface area contributed by atoms with Crippen molar-refractivity contribution in [1.29, 1.82) is 0 Å². The lowest BCUT2D eigenvalue weighted by Gasteiger charge is -2.28. The molecule has 1 saturated carbocycles. The molecule has 1 unspecified atom stereocenters. The zero-order valence-corrected chi connectivity index (χ0v) is 15.0. The molecule has 1 aliphatic carbocycles. The van der Waals surface area contributed by atoms with Crippen LogP contribution in [0.1, 0.15) is 67.7 Å². The number of hydrogen-bond donors (Lipinski definition) is 1. The molecule has 0 radical (unpaired) electrons. The maximum atomic E-state index is 11.0. The largest absolute Gasteiger partial charge is 0.496 e. The van der Waals surface area contributed by atoms with Crippen LogP contribution in [0.5, 0.6) is 5.75 Å². The van der Waals surface area contributed by atoms with Gasteiger partial charge in [0, 0.05) is 10.0 Å². The van der Waals surface area contributed by atoms with Gasteiger partial charge in [-0.1, -0.05) is 48.0 Å². The molecule has 0 bridgehead atoms. The summed E-state index contributed by atoms with van der Waals surface area (Å²) in [7, 11) is 1.70. The number of methoxy groups -OCH3 is 1. The van der Waals surface area contributed by atoms with E-state index in [9.17, 15) is 5.11 Å². The van der Waals surface area contributed by atoms with Crippen LogP contribution in [0.15, 0.2) is 10.5 Å². The molecule has 0 spiro atoms. The SMILES string of the molecule is COc1c(C)cc(Br)c(C)c1C(O)C1CCCCCCC1. The molecular weight excluding hydrogens is 328 g/mol. The molecule has 1 N–H and O–H groups in total. The summed E-state index contributed by atoms with van der Waals surface area (Å²) >= 11 is 3.61. The highest BCUT2D eigenvalue weighted by Gasteiger charge is 2.27. The van der Waals surface area contributed by atoms with E-state index in [0.717, 1.165) is 39.8 Å². The second kappa shape index (κ2) is 7.64. The van der Waals surface area contributed by atoms with Crippen LogP contribution in [-0.4, -0.2) is 12.2 Å². The molecule has 2 rings (SSSR count). The summed E-state index contributed by atoms with van der Waals surface area (Å²) in [5.74, 6) is 1.21. The van der Waals surface area contributed by atoms with Gasteiger partial charge < -0.3 is 9.84 Å². The minimum Gasteiger partial charge on any atom is -0.496 e. The molecule has 118 valence electrons. The summed E-state index contributed by atoms with van der Waals surface area (Å²) in [6, 6.07) is 2.07. The van der Waals surface area contributed by atoms with Gasteiger partial charge in [0.2, 0.25) is 0 Å². The highest BCUT2D eigenvalue weighted by molar-refractivity contribution is 9.10. The van der Waals surface area contributed by atoms with Gasteiger partial charge in [-0.15, -0.1) is 0 Å². The zero-order valence-electron chi connectivity index (χ0n) is 13.4. The van der Waals surface area contributed by atoms with Gasteiger partial charge in [-0.2, -0.15) is 0 Å². The molecule has 0 saturated heterocycles. The minimum atomic E-state index is -0.422. The molecule has 3 heteroatoms. The van der Waals surface area contributed by atoms with Crippen molar-refractivity contribution in [2.75, 3.05) is 7.11 Å². The minimum absolute atomic E-state index is 0.353. The zero-order chi connectivity index (χ0) is 15.4. The molecule has 0 amide bonds. The van der Waals surface area contributed by atoms with Crippen LogP contribution in [0.3, 0.4) is 0 Å². The second-order valence-corrected chi connectivity index (χ2v) is 7.15. The number of aliphatic hydroxyl groups is 1. The van der Waals surface area contributed by atoms with Crippen molar-refractivity contribution >= 4 is 15.9 Å². The van der Waals surface area contributed by atoms with Crippen LogP contribution >= 0.6 is 15.9 Å². The normalized spacial score (nSPS) is 18.9. The van der Waals surface area contributed by atoms with Crippen molar-refractivity contribution in [3.8, 4) is 5.75 Å². The van der Waals surface area contributed by atoms with Crippen LogP contribution < -0.4 is 4.74 Å². The first-order valence-corrected chi connectivity index (χ1v) is 8.87. The number of aliphatic hydroxyl groups excluding tert-OH is 1. The Kier molecular flexibility index (Phi) is 6.12. The molecule has 1 aliphatic rings. The topological polar surface area (TPSA) is 29.5 Å². The van der Waals surface area contributed by atoms with E-state index in [1.54, 1.807) is 7.11 Å². The number of benzene rings is 1. The second-order valence-electron chi connectivity index (χ2n) is 6.30. The molecule has 1 atom stereocenters. The Labute approximate surface area is 137 Å². The van der Waals surface area contributed by atoms with Gasteiger partial charge in [0.15, 0.2) is 0 Å². The van der Waals surface area contributed by atoms with E-state index in [4.69, 9.17) is 4.74 Å². The van der Waals surface area contributed by atoms with Crippen LogP contribution in [0.4, 0.5) is 0 Å². The Morgan fingerprint density at radius 3 is 2.29 bits per heavy atom. The third-order valence-corrected chi connectivity index (χ3v) is 5.63. The van der Waals surface area contributed by atoms with Crippen molar-refractivity contribution < 1.29 is 9.84 Å². The van der Waals surface area contributed by atoms with Crippen molar-refractivity contribution in [3.63, 3.8) is 0 Å². The van der Waals surface area contributed by atoms with E-state index in [0.29, 0.717) is 5.92 Å². The van der Waals surface area contributed by atoms with Crippen LogP contribution in [0.25, 0.3) is 0 Å². The fourth-order valence-corrected chi connectivity index (χ4v) is 4.10. The summed E-state index contributed by atoms with van der Waals surface area (Å²) in [6.45, 7) is 4.10. The van der Waals surface area contributed by atoms with Gasteiger partial charge in [0.1, 0.15) is 5.75 Å². The van der Waals surface area contributed by atoms with Crippen molar-refractivity contribution in [3.05, 3.63) is 27.2 Å². The van der Waals surface area contributed by atoms with Gasteiger partial charge in [0.25, 0.3) is 0 Å². The summed E-state index contributed by atoms with van der Waals surface area (Å²) in [5, 5.41) is 11.0. The Morgan fingerprint density at radius 1 is 1.14 bits per heavy atom. The van der Waals surface area contributed by atoms with Crippen molar-refractivity contribution in [1.82, 2.24) is 0 Å². The first-order chi connectivity index (χ1) is 10.1. The number of halogens is 1. The lowest BCUT2D eigenvalue weighted by molar-refractivity contribution is 0.0880. The Morgan fingerprint density at radius 2 is 1.71 bits per heavy atom. The average Bonchev–Trinajstić information content (AvgIpc) is 2.41. The lowest BCUT2D eigenvalue weighted by atomic mass is 9.82. The summed E-state index contributed by atoms with van der Waals surface area (Å²) in [5.41, 5.74) is 3.16. The van der Waals surface area contributed by atoms with Gasteiger partial charge in [-0.05, 0) is 49.8 Å². The fraction of sp³-hybridized carbons (Fsp3) is 0.667. The number of rotatable bonds is 3. The van der Waals surface area contributed by atoms with E-state index < -0.39 is 6.10 Å². The first-order valence-electron chi connectivity index (χ1n) is 8.08. The maximum absolute atomic E-state index is 11.0. The van der Waals surface area contributed by atoms with Gasteiger partial charge in [-0.25, -0.2) is 0 Å². The monoisotopic (exact) mass is 354 g/mol. The first kappa shape index (κ1) is 16.8. The third-order valence-electron chi connectivity index (χ3n) is 4.80. The van der Waals surface area contributed by atoms with Crippen LogP contribution in [0.2, 0.25) is 0 Å². The Bertz CT molecular complexity index is 477. The molecule has 21 heavy (non-hydrogen) atoms. The van der Waals surface area contributed by atoms with Crippen molar-refractivity contribution in [2.24, 2.45) is 5.92 Å². The van der Waals surface area contributed by atoms with E-state index in [2.05, 4.69) is 28.9 Å². The van der Waals surface area contributed by atoms with Crippen LogP contribution in [0, 0.1) is 19.8 Å². The molecule has 0 heterocycles.